The van der Waals surface area contributed by atoms with E-state index >= 15 is 0 Å². The second-order valence-corrected chi connectivity index (χ2v) is 15.3. The van der Waals surface area contributed by atoms with Gasteiger partial charge in [0.25, 0.3) is 0 Å². The van der Waals surface area contributed by atoms with Crippen molar-refractivity contribution in [3.63, 3.8) is 0 Å². The largest absolute Gasteiger partial charge is 0.309 e. The molecule has 0 amide bonds. The molecule has 266 valence electrons. The Morgan fingerprint density at radius 1 is 0.339 bits per heavy atom. The Balaban J connectivity index is 1.22. The topological polar surface area (TPSA) is 3.24 Å². The highest BCUT2D eigenvalue weighted by molar-refractivity contribution is 6.09. The van der Waals surface area contributed by atoms with Crippen molar-refractivity contribution in [1.29, 1.82) is 0 Å². The molecule has 0 saturated carbocycles. The SMILES string of the molecule is CC1(C)c2ccccc2-c2cccc(-c3cccc(N(c4ccccc4-c4ccccc4)c4ccccc4-c4cccc5cccc(-c6ccccc6)c45)c3)c21. The Labute approximate surface area is 329 Å². The highest BCUT2D eigenvalue weighted by Gasteiger charge is 2.37. The fourth-order valence-corrected chi connectivity index (χ4v) is 9.16. The van der Waals surface area contributed by atoms with Gasteiger partial charge in [0, 0.05) is 22.2 Å². The first kappa shape index (κ1) is 33.6. The van der Waals surface area contributed by atoms with Crippen LogP contribution in [0.3, 0.4) is 0 Å². The standard InChI is InChI=1S/C55H41N/c1-55(2)50-34-12-9-28-46(50)49-33-18-31-45(54(49)55)41-25-15-26-42(37-41)56(51-35-13-10-27-43(51)38-19-5-3-6-20-38)52-36-14-11-29-47(52)48-32-17-24-40-23-16-30-44(53(40)48)39-21-7-4-8-22-39/h3-37H,1-2H3. The van der Waals surface area contributed by atoms with Gasteiger partial charge in [0.1, 0.15) is 0 Å². The number of hydrogen-bond acceptors (Lipinski definition) is 1. The third-order valence-electron chi connectivity index (χ3n) is 11.6. The van der Waals surface area contributed by atoms with Crippen molar-refractivity contribution in [2.45, 2.75) is 19.3 Å². The van der Waals surface area contributed by atoms with Gasteiger partial charge in [0.15, 0.2) is 0 Å². The summed E-state index contributed by atoms with van der Waals surface area (Å²) >= 11 is 0. The van der Waals surface area contributed by atoms with E-state index in [2.05, 4.69) is 231 Å². The van der Waals surface area contributed by atoms with E-state index in [1.165, 1.54) is 77.5 Å². The normalized spacial score (nSPS) is 12.6. The zero-order chi connectivity index (χ0) is 37.6. The predicted octanol–water partition coefficient (Wildman–Crippen LogP) is 15.3. The van der Waals surface area contributed by atoms with Gasteiger partial charge in [-0.05, 0) is 90.7 Å². The lowest BCUT2D eigenvalue weighted by molar-refractivity contribution is 0.662. The van der Waals surface area contributed by atoms with E-state index in [1.807, 2.05) is 0 Å². The van der Waals surface area contributed by atoms with Crippen LogP contribution in [-0.2, 0) is 5.41 Å². The van der Waals surface area contributed by atoms with Gasteiger partial charge in [-0.3, -0.25) is 0 Å². The van der Waals surface area contributed by atoms with Gasteiger partial charge in [-0.25, -0.2) is 0 Å². The summed E-state index contributed by atoms with van der Waals surface area (Å²) in [7, 11) is 0. The molecule has 56 heavy (non-hydrogen) atoms. The van der Waals surface area contributed by atoms with Crippen LogP contribution in [0.2, 0.25) is 0 Å². The molecule has 0 N–H and O–H groups in total. The second kappa shape index (κ2) is 13.7. The van der Waals surface area contributed by atoms with Crippen LogP contribution in [0.5, 0.6) is 0 Å². The summed E-state index contributed by atoms with van der Waals surface area (Å²) in [6.07, 6.45) is 0. The van der Waals surface area contributed by atoms with E-state index < -0.39 is 0 Å². The van der Waals surface area contributed by atoms with Gasteiger partial charge < -0.3 is 4.90 Å². The summed E-state index contributed by atoms with van der Waals surface area (Å²) in [5.74, 6) is 0. The minimum atomic E-state index is -0.129. The Morgan fingerprint density at radius 3 is 1.55 bits per heavy atom. The molecule has 0 aromatic heterocycles. The molecule has 1 heteroatoms. The molecule has 9 aromatic carbocycles. The first-order valence-corrected chi connectivity index (χ1v) is 19.5. The summed E-state index contributed by atoms with van der Waals surface area (Å²) in [5.41, 5.74) is 18.3. The number of para-hydroxylation sites is 2. The van der Waals surface area contributed by atoms with Gasteiger partial charge in [0.05, 0.1) is 11.4 Å². The van der Waals surface area contributed by atoms with Crippen molar-refractivity contribution in [1.82, 2.24) is 0 Å². The molecule has 10 rings (SSSR count). The minimum absolute atomic E-state index is 0.129. The molecular formula is C55H41N. The van der Waals surface area contributed by atoms with E-state index in [0.29, 0.717) is 0 Å². The number of benzene rings is 9. The van der Waals surface area contributed by atoms with Gasteiger partial charge in [0.2, 0.25) is 0 Å². The first-order chi connectivity index (χ1) is 27.6. The summed E-state index contributed by atoms with van der Waals surface area (Å²) in [5, 5.41) is 2.47. The third-order valence-corrected chi connectivity index (χ3v) is 11.6. The Morgan fingerprint density at radius 2 is 0.821 bits per heavy atom. The lowest BCUT2D eigenvalue weighted by Gasteiger charge is -2.31. The van der Waals surface area contributed by atoms with Crippen molar-refractivity contribution >= 4 is 27.8 Å². The summed E-state index contributed by atoms with van der Waals surface area (Å²) in [4.78, 5) is 2.48. The van der Waals surface area contributed by atoms with Gasteiger partial charge in [-0.1, -0.05) is 202 Å². The summed E-state index contributed by atoms with van der Waals surface area (Å²) in [6.45, 7) is 4.75. The van der Waals surface area contributed by atoms with Crippen molar-refractivity contribution in [2.24, 2.45) is 0 Å². The lowest BCUT2D eigenvalue weighted by Crippen LogP contribution is -2.16. The molecule has 1 aliphatic carbocycles. The summed E-state index contributed by atoms with van der Waals surface area (Å²) in [6, 6.07) is 77.6. The average Bonchev–Trinajstić information content (AvgIpc) is 3.50. The highest BCUT2D eigenvalue weighted by atomic mass is 15.1. The predicted molar refractivity (Wildman–Crippen MR) is 238 cm³/mol. The van der Waals surface area contributed by atoms with Gasteiger partial charge in [-0.15, -0.1) is 0 Å². The van der Waals surface area contributed by atoms with Crippen molar-refractivity contribution < 1.29 is 0 Å². The van der Waals surface area contributed by atoms with Crippen LogP contribution in [-0.4, -0.2) is 0 Å². The average molecular weight is 716 g/mol. The van der Waals surface area contributed by atoms with Crippen molar-refractivity contribution in [3.8, 4) is 55.6 Å². The maximum absolute atomic E-state index is 2.48. The zero-order valence-corrected chi connectivity index (χ0v) is 31.7. The lowest BCUT2D eigenvalue weighted by atomic mass is 9.79. The van der Waals surface area contributed by atoms with Crippen LogP contribution in [0, 0.1) is 0 Å². The van der Waals surface area contributed by atoms with Crippen LogP contribution in [0.25, 0.3) is 66.4 Å². The molecule has 9 aromatic rings. The van der Waals surface area contributed by atoms with Crippen LogP contribution in [0.1, 0.15) is 25.0 Å². The van der Waals surface area contributed by atoms with Crippen molar-refractivity contribution in [2.75, 3.05) is 4.90 Å². The first-order valence-electron chi connectivity index (χ1n) is 19.5. The number of hydrogen-bond donors (Lipinski definition) is 0. The number of nitrogens with zero attached hydrogens (tertiary/aromatic N) is 1. The second-order valence-electron chi connectivity index (χ2n) is 15.3. The molecule has 0 atom stereocenters. The van der Waals surface area contributed by atoms with Crippen LogP contribution < -0.4 is 4.90 Å². The molecular weight excluding hydrogens is 675 g/mol. The third kappa shape index (κ3) is 5.55. The molecule has 0 fully saturated rings. The monoisotopic (exact) mass is 715 g/mol. The van der Waals surface area contributed by atoms with E-state index in [9.17, 15) is 0 Å². The van der Waals surface area contributed by atoms with Crippen molar-refractivity contribution in [3.05, 3.63) is 223 Å². The smallest absolute Gasteiger partial charge is 0.0540 e. The van der Waals surface area contributed by atoms with Crippen LogP contribution in [0.15, 0.2) is 212 Å². The van der Waals surface area contributed by atoms with E-state index in [1.54, 1.807) is 0 Å². The maximum Gasteiger partial charge on any atom is 0.0540 e. The van der Waals surface area contributed by atoms with Crippen LogP contribution >= 0.6 is 0 Å². The fourth-order valence-electron chi connectivity index (χ4n) is 9.16. The van der Waals surface area contributed by atoms with Gasteiger partial charge in [-0.2, -0.15) is 0 Å². The fraction of sp³-hybridized carbons (Fsp3) is 0.0545. The van der Waals surface area contributed by atoms with E-state index in [4.69, 9.17) is 0 Å². The Kier molecular flexibility index (Phi) is 8.23. The minimum Gasteiger partial charge on any atom is -0.309 e. The maximum atomic E-state index is 2.48. The molecule has 0 bridgehead atoms. The highest BCUT2D eigenvalue weighted by Crippen LogP contribution is 2.53. The number of rotatable bonds is 7. The Hall–Kier alpha value is -6.96. The molecule has 1 nitrogen and oxygen atoms in total. The number of anilines is 3. The summed E-state index contributed by atoms with van der Waals surface area (Å²) < 4.78 is 0. The molecule has 0 spiro atoms. The molecule has 1 aliphatic rings. The zero-order valence-electron chi connectivity index (χ0n) is 31.7. The molecule has 0 radical (unpaired) electrons. The van der Waals surface area contributed by atoms with Gasteiger partial charge >= 0.3 is 0 Å². The van der Waals surface area contributed by atoms with E-state index in [-0.39, 0.29) is 5.41 Å². The number of fused-ring (bicyclic) bond motifs is 4. The quantitative estimate of drug-likeness (QED) is 0.159. The molecule has 0 aliphatic heterocycles. The molecule has 0 saturated heterocycles. The Bertz CT molecular complexity index is 2880. The van der Waals surface area contributed by atoms with E-state index in [0.717, 1.165) is 17.1 Å². The molecule has 0 heterocycles. The molecule has 0 unspecified atom stereocenters. The van der Waals surface area contributed by atoms with Crippen LogP contribution in [0.4, 0.5) is 17.1 Å².